The van der Waals surface area contributed by atoms with Crippen molar-refractivity contribution in [3.05, 3.63) is 95.4 Å². The maximum atomic E-state index is 13.5. The Kier molecular flexibility index (Phi) is 4.77. The second kappa shape index (κ2) is 7.72. The smallest absolute Gasteiger partial charge is 0.256 e. The fraction of sp³-hybridized carbons (Fsp3) is 0.208. The molecule has 2 aromatic carbocycles. The number of pyridine rings is 1. The number of carbonyl (C=O) groups is 1. The number of para-hydroxylation sites is 1. The number of hydrogen-bond acceptors (Lipinski definition) is 4. The highest BCUT2D eigenvalue weighted by molar-refractivity contribution is 6.05. The van der Waals surface area contributed by atoms with Gasteiger partial charge in [-0.2, -0.15) is 5.10 Å². The summed E-state index contributed by atoms with van der Waals surface area (Å²) >= 11 is 0. The third kappa shape index (κ3) is 3.25. The summed E-state index contributed by atoms with van der Waals surface area (Å²) in [6.45, 7) is 1.80. The minimum absolute atomic E-state index is 0.0184. The Balaban J connectivity index is 1.49. The van der Waals surface area contributed by atoms with Gasteiger partial charge in [0.15, 0.2) is 0 Å². The molecule has 4 aromatic rings. The Morgan fingerprint density at radius 1 is 1.00 bits per heavy atom. The molecule has 0 bridgehead atoms. The lowest BCUT2D eigenvalue weighted by Crippen LogP contribution is -2.29. The minimum atomic E-state index is 0.0184. The standard InChI is InChI=1S/C24H23N5O/c25-13-16-6-8-17(9-7-16)20-14-29(15-21(20)22-10-12-27-28-22)24(30)19-5-1-3-18-4-2-11-26-23(18)19/h1-12,20-21H,13-15,25H2,(H,27,28)/t20-,21+/m0/s1. The van der Waals surface area contributed by atoms with Crippen LogP contribution in [0.5, 0.6) is 0 Å². The Bertz CT molecular complexity index is 1160. The fourth-order valence-corrected chi connectivity index (χ4v) is 4.44. The molecule has 1 aliphatic rings. The average Bonchev–Trinajstić information content (AvgIpc) is 3.48. The highest BCUT2D eigenvalue weighted by Gasteiger charge is 2.38. The van der Waals surface area contributed by atoms with Gasteiger partial charge in [0.2, 0.25) is 0 Å². The molecule has 2 atom stereocenters. The van der Waals surface area contributed by atoms with E-state index in [-0.39, 0.29) is 17.7 Å². The normalized spacial score (nSPS) is 18.8. The van der Waals surface area contributed by atoms with Gasteiger partial charge in [-0.1, -0.05) is 42.5 Å². The van der Waals surface area contributed by atoms with Gasteiger partial charge in [-0.25, -0.2) is 0 Å². The molecule has 1 saturated heterocycles. The molecule has 0 radical (unpaired) electrons. The molecule has 6 nitrogen and oxygen atoms in total. The first kappa shape index (κ1) is 18.5. The number of nitrogens with one attached hydrogen (secondary N) is 1. The molecule has 3 heterocycles. The van der Waals surface area contributed by atoms with Gasteiger partial charge in [0, 0.05) is 54.9 Å². The molecule has 6 heteroatoms. The van der Waals surface area contributed by atoms with Crippen LogP contribution in [-0.4, -0.2) is 39.1 Å². The second-order valence-corrected chi connectivity index (χ2v) is 7.76. The van der Waals surface area contributed by atoms with Crippen molar-refractivity contribution >= 4 is 16.8 Å². The van der Waals surface area contributed by atoms with Gasteiger partial charge in [0.25, 0.3) is 5.91 Å². The lowest BCUT2D eigenvalue weighted by Gasteiger charge is -2.18. The number of aromatic amines is 1. The van der Waals surface area contributed by atoms with Crippen molar-refractivity contribution in [2.24, 2.45) is 5.73 Å². The van der Waals surface area contributed by atoms with Crippen LogP contribution in [0, 0.1) is 0 Å². The van der Waals surface area contributed by atoms with Gasteiger partial charge < -0.3 is 10.6 Å². The van der Waals surface area contributed by atoms with E-state index in [1.165, 1.54) is 5.56 Å². The number of rotatable bonds is 4. The van der Waals surface area contributed by atoms with E-state index < -0.39 is 0 Å². The van der Waals surface area contributed by atoms with Gasteiger partial charge in [-0.15, -0.1) is 0 Å². The quantitative estimate of drug-likeness (QED) is 0.552. The van der Waals surface area contributed by atoms with Gasteiger partial charge in [-0.05, 0) is 29.3 Å². The number of nitrogens with two attached hydrogens (primary N) is 1. The SMILES string of the molecule is NCc1ccc([C@@H]2CN(C(=O)c3cccc4cccnc34)C[C@H]2c2ccn[nH]2)cc1. The Labute approximate surface area is 174 Å². The summed E-state index contributed by atoms with van der Waals surface area (Å²) in [5.74, 6) is 0.358. The molecule has 2 aromatic heterocycles. The zero-order valence-corrected chi connectivity index (χ0v) is 16.5. The van der Waals surface area contributed by atoms with E-state index in [0.29, 0.717) is 25.2 Å². The number of nitrogens with zero attached hydrogens (tertiary/aromatic N) is 3. The van der Waals surface area contributed by atoms with Crippen LogP contribution in [0.25, 0.3) is 10.9 Å². The monoisotopic (exact) mass is 397 g/mol. The van der Waals surface area contributed by atoms with E-state index in [4.69, 9.17) is 5.73 Å². The molecule has 150 valence electrons. The number of aromatic nitrogens is 3. The van der Waals surface area contributed by atoms with Gasteiger partial charge in [-0.3, -0.25) is 14.9 Å². The molecule has 1 fully saturated rings. The number of benzene rings is 2. The highest BCUT2D eigenvalue weighted by atomic mass is 16.2. The van der Waals surface area contributed by atoms with Crippen molar-refractivity contribution in [1.82, 2.24) is 20.1 Å². The number of fused-ring (bicyclic) bond motifs is 1. The van der Waals surface area contributed by atoms with E-state index in [1.807, 2.05) is 41.3 Å². The Hall–Kier alpha value is -3.51. The molecular weight excluding hydrogens is 374 g/mol. The lowest BCUT2D eigenvalue weighted by molar-refractivity contribution is 0.0790. The molecular formula is C24H23N5O. The van der Waals surface area contributed by atoms with Crippen molar-refractivity contribution < 1.29 is 4.79 Å². The van der Waals surface area contributed by atoms with Crippen molar-refractivity contribution in [1.29, 1.82) is 0 Å². The maximum absolute atomic E-state index is 13.5. The van der Waals surface area contributed by atoms with E-state index in [2.05, 4.69) is 39.4 Å². The Morgan fingerprint density at radius 3 is 2.57 bits per heavy atom. The first-order chi connectivity index (χ1) is 14.7. The fourth-order valence-electron chi connectivity index (χ4n) is 4.44. The van der Waals surface area contributed by atoms with Crippen LogP contribution in [0.3, 0.4) is 0 Å². The lowest BCUT2D eigenvalue weighted by atomic mass is 9.86. The molecule has 0 unspecified atom stereocenters. The number of likely N-dealkylation sites (tertiary alicyclic amines) is 1. The minimum Gasteiger partial charge on any atom is -0.337 e. The average molecular weight is 397 g/mol. The predicted octanol–water partition coefficient (Wildman–Crippen LogP) is 3.44. The van der Waals surface area contributed by atoms with E-state index in [1.54, 1.807) is 12.4 Å². The van der Waals surface area contributed by atoms with Crippen LogP contribution in [-0.2, 0) is 6.54 Å². The van der Waals surface area contributed by atoms with Crippen molar-refractivity contribution in [3.63, 3.8) is 0 Å². The van der Waals surface area contributed by atoms with Gasteiger partial charge in [0.05, 0.1) is 11.1 Å². The topological polar surface area (TPSA) is 87.9 Å². The van der Waals surface area contributed by atoms with Crippen LogP contribution in [0.15, 0.2) is 73.1 Å². The third-order valence-corrected chi connectivity index (χ3v) is 6.04. The molecule has 5 rings (SSSR count). The zero-order chi connectivity index (χ0) is 20.5. The molecule has 3 N–H and O–H groups in total. The van der Waals surface area contributed by atoms with Crippen LogP contribution >= 0.6 is 0 Å². The third-order valence-electron chi connectivity index (χ3n) is 6.04. The number of H-pyrrole nitrogens is 1. The van der Waals surface area contributed by atoms with Gasteiger partial charge >= 0.3 is 0 Å². The van der Waals surface area contributed by atoms with Crippen LogP contribution < -0.4 is 5.73 Å². The molecule has 1 amide bonds. The first-order valence-electron chi connectivity index (χ1n) is 10.2. The number of hydrogen-bond donors (Lipinski definition) is 2. The highest BCUT2D eigenvalue weighted by Crippen LogP contribution is 2.39. The summed E-state index contributed by atoms with van der Waals surface area (Å²) in [7, 11) is 0. The van der Waals surface area contributed by atoms with E-state index >= 15 is 0 Å². The molecule has 30 heavy (non-hydrogen) atoms. The van der Waals surface area contributed by atoms with Crippen molar-refractivity contribution in [2.45, 2.75) is 18.4 Å². The van der Waals surface area contributed by atoms with Crippen molar-refractivity contribution in [2.75, 3.05) is 13.1 Å². The number of amides is 1. The number of carbonyl (C=O) groups excluding carboxylic acids is 1. The van der Waals surface area contributed by atoms with E-state index in [0.717, 1.165) is 22.2 Å². The summed E-state index contributed by atoms with van der Waals surface area (Å²) < 4.78 is 0. The van der Waals surface area contributed by atoms with Crippen LogP contribution in [0.1, 0.15) is 39.0 Å². The molecule has 0 aliphatic carbocycles. The summed E-state index contributed by atoms with van der Waals surface area (Å²) in [5, 5.41) is 8.22. The largest absolute Gasteiger partial charge is 0.337 e. The first-order valence-corrected chi connectivity index (χ1v) is 10.2. The predicted molar refractivity (Wildman–Crippen MR) is 116 cm³/mol. The maximum Gasteiger partial charge on any atom is 0.256 e. The molecule has 0 saturated carbocycles. The summed E-state index contributed by atoms with van der Waals surface area (Å²) in [6, 6.07) is 20.0. The molecule has 0 spiro atoms. The van der Waals surface area contributed by atoms with Gasteiger partial charge in [0.1, 0.15) is 0 Å². The zero-order valence-electron chi connectivity index (χ0n) is 16.5. The second-order valence-electron chi connectivity index (χ2n) is 7.76. The Morgan fingerprint density at radius 2 is 1.80 bits per heavy atom. The molecule has 1 aliphatic heterocycles. The summed E-state index contributed by atoms with van der Waals surface area (Å²) in [5.41, 5.74) is 10.5. The summed E-state index contributed by atoms with van der Waals surface area (Å²) in [6.07, 6.45) is 3.50. The summed E-state index contributed by atoms with van der Waals surface area (Å²) in [4.78, 5) is 19.9. The van der Waals surface area contributed by atoms with Crippen LogP contribution in [0.4, 0.5) is 0 Å². The van der Waals surface area contributed by atoms with Crippen LogP contribution in [0.2, 0.25) is 0 Å². The van der Waals surface area contributed by atoms with Crippen molar-refractivity contribution in [3.8, 4) is 0 Å². The van der Waals surface area contributed by atoms with E-state index in [9.17, 15) is 4.79 Å².